The fraction of sp³-hybridized carbons (Fsp3) is 0.0968. The maximum absolute atomic E-state index is 12.8. The second-order valence-electron chi connectivity index (χ2n) is 17.3. The van der Waals surface area contributed by atoms with Crippen LogP contribution in [0.25, 0.3) is 27.6 Å². The van der Waals surface area contributed by atoms with Gasteiger partial charge >= 0.3 is 368 Å². The number of hydrogen-bond donors (Lipinski definition) is 1. The van der Waals surface area contributed by atoms with Gasteiger partial charge in [-0.3, -0.25) is 19.0 Å². The van der Waals surface area contributed by atoms with E-state index in [1.54, 1.807) is 13.8 Å². The molecule has 0 bridgehead atoms. The van der Waals surface area contributed by atoms with Gasteiger partial charge in [0.1, 0.15) is 11.6 Å². The van der Waals surface area contributed by atoms with Crippen molar-refractivity contribution in [3.8, 4) is 18.0 Å². The minimum absolute atomic E-state index is 0.0132. The molecule has 0 atom stereocenters. The Morgan fingerprint density at radius 1 is 0.603 bits per heavy atom. The minimum atomic E-state index is -0.562. The molecule has 1 N–H and O–H groups in total. The van der Waals surface area contributed by atoms with Crippen molar-refractivity contribution in [3.63, 3.8) is 0 Å². The number of fused-ring (bicyclic) bond motifs is 2. The number of para-hydroxylation sites is 2. The molecule has 0 saturated carbocycles. The number of rotatable bonds is 8. The first kappa shape index (κ1) is 56.3. The van der Waals surface area contributed by atoms with E-state index in [0.717, 1.165) is 62.7 Å². The third kappa shape index (κ3) is 13.0. The van der Waals surface area contributed by atoms with Gasteiger partial charge in [0.15, 0.2) is 0 Å². The molecule has 0 aliphatic carbocycles. The van der Waals surface area contributed by atoms with Crippen LogP contribution in [0, 0.1) is 29.6 Å². The van der Waals surface area contributed by atoms with Crippen LogP contribution in [-0.2, 0) is 31.0 Å². The molecule has 2 amide bonds. The quantitative estimate of drug-likeness (QED) is 0.0378. The van der Waals surface area contributed by atoms with Crippen LogP contribution in [0.2, 0.25) is 0 Å². The zero-order valence-corrected chi connectivity index (χ0v) is 46.6. The van der Waals surface area contributed by atoms with E-state index in [2.05, 4.69) is 124 Å². The maximum atomic E-state index is 12.8. The molecule has 0 fully saturated rings. The van der Waals surface area contributed by atoms with Gasteiger partial charge in [0.05, 0.1) is 0 Å². The van der Waals surface area contributed by atoms with Crippen molar-refractivity contribution in [1.82, 2.24) is 9.47 Å². The van der Waals surface area contributed by atoms with Crippen molar-refractivity contribution in [2.45, 2.75) is 27.7 Å². The first-order valence-corrected chi connectivity index (χ1v) is 27.4. The van der Waals surface area contributed by atoms with Crippen LogP contribution in [0.3, 0.4) is 0 Å². The Kier molecular flexibility index (Phi) is 18.7. The van der Waals surface area contributed by atoms with Crippen molar-refractivity contribution in [1.29, 1.82) is 10.5 Å². The van der Waals surface area contributed by atoms with Crippen LogP contribution >= 0.6 is 0 Å². The van der Waals surface area contributed by atoms with E-state index in [1.165, 1.54) is 49.3 Å². The summed E-state index contributed by atoms with van der Waals surface area (Å²) in [6.45, 7) is 5.64. The molecular weight excluding hydrogens is 1110 g/mol. The van der Waals surface area contributed by atoms with E-state index < -0.39 is 17.8 Å². The Balaban J connectivity index is 0.000000176. The monoisotopic (exact) mass is 1170 g/mol. The van der Waals surface area contributed by atoms with E-state index in [-0.39, 0.29) is 57.5 Å². The van der Waals surface area contributed by atoms with E-state index in [9.17, 15) is 39.1 Å². The zero-order valence-electron chi connectivity index (χ0n) is 43.2. The Labute approximate surface area is 462 Å². The van der Waals surface area contributed by atoms with Crippen LogP contribution in [0.1, 0.15) is 45.6 Å². The van der Waals surface area contributed by atoms with Crippen LogP contribution in [0.4, 0.5) is 31.9 Å². The van der Waals surface area contributed by atoms with Crippen LogP contribution < -0.4 is 15.4 Å². The Morgan fingerprint density at radius 2 is 1.06 bits per heavy atom. The average Bonchev–Trinajstić information content (AvgIpc) is 4.16. The molecule has 4 heterocycles. The Morgan fingerprint density at radius 3 is 1.51 bits per heavy atom. The molecule has 0 saturated heterocycles. The number of aromatic hydroxyl groups is 1. The Bertz CT molecular complexity index is 3920. The zero-order chi connectivity index (χ0) is 56.0. The normalized spacial score (nSPS) is 12.2. The summed E-state index contributed by atoms with van der Waals surface area (Å²) < 4.78 is 9.18. The molecule has 9 aromatic rings. The topological polar surface area (TPSA) is 194 Å². The van der Waals surface area contributed by atoms with Crippen molar-refractivity contribution in [2.24, 2.45) is 7.05 Å². The number of nitriles is 2. The van der Waals surface area contributed by atoms with Crippen LogP contribution in [0.15, 0.2) is 197 Å². The second-order valence-corrected chi connectivity index (χ2v) is 21.9. The van der Waals surface area contributed by atoms with Crippen molar-refractivity contribution < 1.29 is 33.8 Å². The van der Waals surface area contributed by atoms with Gasteiger partial charge in [0, 0.05) is 27.0 Å². The molecule has 16 heteroatoms. The second kappa shape index (κ2) is 25.9. The molecule has 78 heavy (non-hydrogen) atoms. The van der Waals surface area contributed by atoms with Gasteiger partial charge in [0.2, 0.25) is 5.88 Å². The van der Waals surface area contributed by atoms with Gasteiger partial charge in [-0.25, -0.2) is 0 Å². The Hall–Kier alpha value is -9.40. The van der Waals surface area contributed by atoms with E-state index in [1.807, 2.05) is 78.9 Å². The fourth-order valence-electron chi connectivity index (χ4n) is 8.28. The number of anilines is 6. The van der Waals surface area contributed by atoms with E-state index in [4.69, 9.17) is 5.26 Å². The summed E-state index contributed by atoms with van der Waals surface area (Å²) in [5.74, 6) is -2.34. The first-order valence-electron chi connectivity index (χ1n) is 24.0. The van der Waals surface area contributed by atoms with E-state index >= 15 is 0 Å². The number of pyridine rings is 1. The number of aryl methyl sites for hydroxylation is 1. The number of aldehydes is 1. The summed E-state index contributed by atoms with van der Waals surface area (Å²) in [7, 11) is 2.83. The summed E-state index contributed by atoms with van der Waals surface area (Å²) in [5, 5.41) is 32.1. The number of hydrogen-bond acceptors (Lipinski definition) is 12. The summed E-state index contributed by atoms with van der Waals surface area (Å²) in [4.78, 5) is 72.5. The van der Waals surface area contributed by atoms with Crippen LogP contribution in [0.5, 0.6) is 5.88 Å². The number of carbonyl (C=O) groups excluding carboxylic acids is 5. The number of amides is 2. The molecule has 388 valence electrons. The van der Waals surface area contributed by atoms with E-state index in [0.29, 0.717) is 16.7 Å². The molecule has 1 aliphatic rings. The number of nitrogens with zero attached hydrogens (tertiary/aromatic N) is 6. The summed E-state index contributed by atoms with van der Waals surface area (Å²) >= 11 is -0.0816. The third-order valence-corrected chi connectivity index (χ3v) is 16.3. The fourth-order valence-corrected chi connectivity index (χ4v) is 12.1. The van der Waals surface area contributed by atoms with Gasteiger partial charge in [-0.1, -0.05) is 0 Å². The summed E-state index contributed by atoms with van der Waals surface area (Å²) in [6.07, 6.45) is 2.80. The predicted molar refractivity (Wildman–Crippen MR) is 306 cm³/mol. The van der Waals surface area contributed by atoms with Gasteiger partial charge in [-0.05, 0) is 12.5 Å². The van der Waals surface area contributed by atoms with Gasteiger partial charge in [-0.15, -0.1) is 0 Å². The first-order chi connectivity index (χ1) is 37.6. The number of ether oxygens (including phenoxy) is 1. The molecule has 6 aromatic carbocycles. The molecule has 3 aromatic heterocycles. The molecule has 1 aliphatic heterocycles. The molecule has 0 radical (unpaired) electrons. The SMILES string of the molecule is CC(=O)OC(C)=O.CC1=C(C#N)C(=O)N(C)C(=O)/C1=C/c1ccc(N(c2ccccc2)c2cccc3ccccc23)[se]1.Cc1cc(=O)n(C)c(O)c1C#N.O=Cc1ccc(N(c2ccccc2)c2cccc3ccccc23)[se]1. The number of aromatic nitrogens is 1. The summed E-state index contributed by atoms with van der Waals surface area (Å²) in [5.41, 5.74) is 5.57. The van der Waals surface area contributed by atoms with Gasteiger partial charge < -0.3 is 9.84 Å². The average molecular weight is 1170 g/mol. The molecule has 14 nitrogen and oxygen atoms in total. The summed E-state index contributed by atoms with van der Waals surface area (Å²) in [6, 6.07) is 63.2. The number of carbonyl (C=O) groups is 5. The van der Waals surface area contributed by atoms with Gasteiger partial charge in [0.25, 0.3) is 5.56 Å². The number of imide groups is 1. The third-order valence-electron chi connectivity index (χ3n) is 12.1. The molecular formula is C62H50N6O8Se2. The van der Waals surface area contributed by atoms with Crippen molar-refractivity contribution in [3.05, 3.63) is 223 Å². The molecule has 0 unspecified atom stereocenters. The van der Waals surface area contributed by atoms with Crippen LogP contribution in [-0.4, -0.2) is 80.7 Å². The standard InChI is InChI=1S/C29H21N3O2Se.C21H15NOSe.C8H8N2O2.C4H6O3/c1-19-24(28(33)31(2)29(34)25(19)18-30)17-22-15-16-27(35-22)32(21-11-4-3-5-12-21)26-14-8-10-20-9-6-7-13-23(20)26;23-15-18-13-14-21(24-18)22(17-9-2-1-3-10-17)20-12-6-8-16-7-4-5-11-19(16)20;1-5-3-7(11)10(2)8(12)6(5)4-9;1-3(5)7-4(2)6/h3-17H,1-2H3;1-15H;3,12H,1-2H3;1-2H3/b24-17+;;;. The van der Waals surface area contributed by atoms with Gasteiger partial charge in [-0.2, -0.15) is 5.26 Å². The molecule has 10 rings (SSSR count). The number of esters is 2. The number of benzene rings is 6. The molecule has 0 spiro atoms. The van der Waals surface area contributed by atoms with Crippen molar-refractivity contribution >= 4 is 119 Å². The number of likely N-dealkylation sites (N-methyl/N-ethyl adjacent to an activating group) is 1. The van der Waals surface area contributed by atoms with Crippen molar-refractivity contribution in [2.75, 3.05) is 16.8 Å². The predicted octanol–water partition coefficient (Wildman–Crippen LogP) is 11.1.